The first kappa shape index (κ1) is 8.82. The SMILES string of the molecule is OC1=CC=C(c2ccccc2)C=CC1. The van der Waals surface area contributed by atoms with Crippen molar-refractivity contribution in [3.8, 4) is 0 Å². The van der Waals surface area contributed by atoms with E-state index >= 15 is 0 Å². The molecule has 0 amide bonds. The Hall–Kier alpha value is -1.76. The Labute approximate surface area is 83.7 Å². The molecule has 0 aromatic heterocycles. The number of benzene rings is 1. The molecule has 0 fully saturated rings. The van der Waals surface area contributed by atoms with E-state index in [9.17, 15) is 5.11 Å². The van der Waals surface area contributed by atoms with Gasteiger partial charge in [-0.05, 0) is 17.2 Å². The number of hydrogen-bond acceptors (Lipinski definition) is 1. The van der Waals surface area contributed by atoms with E-state index in [1.54, 1.807) is 6.08 Å². The summed E-state index contributed by atoms with van der Waals surface area (Å²) in [7, 11) is 0. The minimum absolute atomic E-state index is 0.409. The Morgan fingerprint density at radius 3 is 2.57 bits per heavy atom. The van der Waals surface area contributed by atoms with Crippen LogP contribution in [0, 0.1) is 0 Å². The standard InChI is InChI=1S/C13H12O/c14-13-8-4-7-12(9-10-13)11-5-2-1-3-6-11/h1-7,9-10,14H,8H2. The monoisotopic (exact) mass is 184 g/mol. The second-order valence-electron chi connectivity index (χ2n) is 3.25. The van der Waals surface area contributed by atoms with Crippen LogP contribution in [0.15, 0.2) is 60.4 Å². The van der Waals surface area contributed by atoms with Gasteiger partial charge in [0.2, 0.25) is 0 Å². The van der Waals surface area contributed by atoms with E-state index in [4.69, 9.17) is 0 Å². The smallest absolute Gasteiger partial charge is 0.0960 e. The lowest BCUT2D eigenvalue weighted by Crippen LogP contribution is -1.77. The molecule has 0 saturated carbocycles. The fraction of sp³-hybridized carbons (Fsp3) is 0.0769. The third-order valence-electron chi connectivity index (χ3n) is 2.19. The van der Waals surface area contributed by atoms with Crippen molar-refractivity contribution in [1.82, 2.24) is 0 Å². The maximum absolute atomic E-state index is 9.32. The molecule has 2 rings (SSSR count). The summed E-state index contributed by atoms with van der Waals surface area (Å²) in [5, 5.41) is 9.32. The molecule has 1 aromatic carbocycles. The third-order valence-corrected chi connectivity index (χ3v) is 2.19. The van der Waals surface area contributed by atoms with Gasteiger partial charge in [-0.1, -0.05) is 48.6 Å². The van der Waals surface area contributed by atoms with Gasteiger partial charge in [0.05, 0.1) is 5.76 Å². The number of hydrogen-bond donors (Lipinski definition) is 1. The molecule has 1 aliphatic rings. The summed E-state index contributed by atoms with van der Waals surface area (Å²) in [4.78, 5) is 0. The highest BCUT2D eigenvalue weighted by Crippen LogP contribution is 2.19. The molecule has 1 nitrogen and oxygen atoms in total. The van der Waals surface area contributed by atoms with Gasteiger partial charge in [-0.25, -0.2) is 0 Å². The fourth-order valence-electron chi connectivity index (χ4n) is 1.44. The lowest BCUT2D eigenvalue weighted by molar-refractivity contribution is 0.402. The van der Waals surface area contributed by atoms with Gasteiger partial charge in [0.15, 0.2) is 0 Å². The highest BCUT2D eigenvalue weighted by atomic mass is 16.3. The number of aliphatic hydroxyl groups excluding tert-OH is 1. The van der Waals surface area contributed by atoms with Gasteiger partial charge < -0.3 is 5.11 Å². The average Bonchev–Trinajstić information content (AvgIpc) is 2.44. The van der Waals surface area contributed by atoms with E-state index in [0.29, 0.717) is 12.2 Å². The molecule has 0 heterocycles. The van der Waals surface area contributed by atoms with E-state index in [1.807, 2.05) is 36.4 Å². The summed E-state index contributed by atoms with van der Waals surface area (Å²) in [6, 6.07) is 10.1. The first-order valence-electron chi connectivity index (χ1n) is 4.68. The number of allylic oxidation sites excluding steroid dienone is 5. The van der Waals surface area contributed by atoms with Crippen LogP contribution in [0.1, 0.15) is 12.0 Å². The van der Waals surface area contributed by atoms with Crippen LogP contribution in [0.25, 0.3) is 5.57 Å². The van der Waals surface area contributed by atoms with Gasteiger partial charge >= 0.3 is 0 Å². The molecule has 0 aliphatic heterocycles. The average molecular weight is 184 g/mol. The quantitative estimate of drug-likeness (QED) is 0.708. The summed E-state index contributed by atoms with van der Waals surface area (Å²) >= 11 is 0. The summed E-state index contributed by atoms with van der Waals surface area (Å²) in [6.07, 6.45) is 8.32. The van der Waals surface area contributed by atoms with Crippen LogP contribution in [-0.4, -0.2) is 5.11 Å². The van der Waals surface area contributed by atoms with E-state index in [-0.39, 0.29) is 0 Å². The zero-order chi connectivity index (χ0) is 9.80. The zero-order valence-corrected chi connectivity index (χ0v) is 7.85. The van der Waals surface area contributed by atoms with Gasteiger partial charge in [-0.3, -0.25) is 0 Å². The minimum atomic E-state index is 0.409. The molecule has 0 radical (unpaired) electrons. The van der Waals surface area contributed by atoms with Gasteiger partial charge in [0, 0.05) is 6.42 Å². The molecular formula is C13H12O. The molecule has 70 valence electrons. The summed E-state index contributed by atoms with van der Waals surface area (Å²) < 4.78 is 0. The summed E-state index contributed by atoms with van der Waals surface area (Å²) in [5.41, 5.74) is 2.31. The highest BCUT2D eigenvalue weighted by molar-refractivity contribution is 5.75. The van der Waals surface area contributed by atoms with Gasteiger partial charge in [0.1, 0.15) is 0 Å². The fourth-order valence-corrected chi connectivity index (χ4v) is 1.44. The third kappa shape index (κ3) is 1.94. The van der Waals surface area contributed by atoms with Crippen molar-refractivity contribution in [1.29, 1.82) is 0 Å². The molecule has 1 aromatic rings. The molecule has 0 atom stereocenters. The van der Waals surface area contributed by atoms with Gasteiger partial charge in [-0.2, -0.15) is 0 Å². The molecule has 14 heavy (non-hydrogen) atoms. The predicted molar refractivity (Wildman–Crippen MR) is 58.9 cm³/mol. The van der Waals surface area contributed by atoms with Crippen molar-refractivity contribution < 1.29 is 5.11 Å². The molecule has 0 bridgehead atoms. The Bertz CT molecular complexity index is 397. The molecule has 1 N–H and O–H groups in total. The Morgan fingerprint density at radius 1 is 1.00 bits per heavy atom. The van der Waals surface area contributed by atoms with E-state index in [0.717, 1.165) is 5.57 Å². The highest BCUT2D eigenvalue weighted by Gasteiger charge is 1.99. The zero-order valence-electron chi connectivity index (χ0n) is 7.85. The predicted octanol–water partition coefficient (Wildman–Crippen LogP) is 3.47. The topological polar surface area (TPSA) is 20.2 Å². The largest absolute Gasteiger partial charge is 0.512 e. The molecular weight excluding hydrogens is 172 g/mol. The van der Waals surface area contributed by atoms with Crippen LogP contribution < -0.4 is 0 Å². The van der Waals surface area contributed by atoms with Crippen LogP contribution in [0.4, 0.5) is 0 Å². The van der Waals surface area contributed by atoms with Gasteiger partial charge in [-0.15, -0.1) is 0 Å². The molecule has 0 saturated heterocycles. The second kappa shape index (κ2) is 3.97. The van der Waals surface area contributed by atoms with E-state index < -0.39 is 0 Å². The van der Waals surface area contributed by atoms with Crippen LogP contribution in [0.2, 0.25) is 0 Å². The molecule has 0 unspecified atom stereocenters. The van der Waals surface area contributed by atoms with E-state index in [1.165, 1.54) is 5.56 Å². The number of aliphatic hydroxyl groups is 1. The van der Waals surface area contributed by atoms with Gasteiger partial charge in [0.25, 0.3) is 0 Å². The van der Waals surface area contributed by atoms with Crippen LogP contribution in [0.5, 0.6) is 0 Å². The van der Waals surface area contributed by atoms with Crippen molar-refractivity contribution in [2.24, 2.45) is 0 Å². The second-order valence-corrected chi connectivity index (χ2v) is 3.25. The maximum atomic E-state index is 9.32. The molecule has 0 spiro atoms. The van der Waals surface area contributed by atoms with Crippen LogP contribution >= 0.6 is 0 Å². The molecule has 1 heteroatoms. The Balaban J connectivity index is 2.36. The van der Waals surface area contributed by atoms with E-state index in [2.05, 4.69) is 12.1 Å². The van der Waals surface area contributed by atoms with Crippen molar-refractivity contribution in [3.05, 3.63) is 66.0 Å². The first-order chi connectivity index (χ1) is 6.86. The normalized spacial score (nSPS) is 15.7. The Morgan fingerprint density at radius 2 is 1.79 bits per heavy atom. The minimum Gasteiger partial charge on any atom is -0.512 e. The van der Waals surface area contributed by atoms with Crippen molar-refractivity contribution in [2.45, 2.75) is 6.42 Å². The van der Waals surface area contributed by atoms with Crippen LogP contribution in [-0.2, 0) is 0 Å². The van der Waals surface area contributed by atoms with Crippen LogP contribution in [0.3, 0.4) is 0 Å². The first-order valence-corrected chi connectivity index (χ1v) is 4.68. The summed E-state index contributed by atoms with van der Waals surface area (Å²) in [5.74, 6) is 0.409. The Kier molecular flexibility index (Phi) is 2.50. The summed E-state index contributed by atoms with van der Waals surface area (Å²) in [6.45, 7) is 0. The lowest BCUT2D eigenvalue weighted by atomic mass is 10.1. The maximum Gasteiger partial charge on any atom is 0.0960 e. The van der Waals surface area contributed by atoms with Crippen molar-refractivity contribution in [2.75, 3.05) is 0 Å². The lowest BCUT2D eigenvalue weighted by Gasteiger charge is -1.99. The molecule has 1 aliphatic carbocycles. The van der Waals surface area contributed by atoms with Crippen molar-refractivity contribution >= 4 is 5.57 Å². The number of rotatable bonds is 1. The van der Waals surface area contributed by atoms with Crippen molar-refractivity contribution in [3.63, 3.8) is 0 Å².